The summed E-state index contributed by atoms with van der Waals surface area (Å²) in [6.45, 7) is 3.23. The molecule has 1 aromatic rings. The van der Waals surface area contributed by atoms with Gasteiger partial charge in [0, 0.05) is 0 Å². The van der Waals surface area contributed by atoms with Crippen LogP contribution in [0, 0.1) is 5.92 Å². The first-order valence-electron chi connectivity index (χ1n) is 5.38. The first-order chi connectivity index (χ1) is 7.93. The Bertz CT molecular complexity index is 381. The van der Waals surface area contributed by atoms with Crippen LogP contribution in [0.5, 0.6) is 5.75 Å². The largest absolute Gasteiger partial charge is 0.497 e. The van der Waals surface area contributed by atoms with Crippen LogP contribution in [0.25, 0.3) is 0 Å². The zero-order valence-electron chi connectivity index (χ0n) is 10.6. The molecule has 0 radical (unpaired) electrons. The normalized spacial score (nSPS) is 15.8. The third-order valence-corrected chi connectivity index (χ3v) is 3.07. The topological polar surface area (TPSA) is 55.8 Å². The molecule has 4 heteroatoms. The zero-order valence-corrected chi connectivity index (χ0v) is 10.6. The molecule has 0 aromatic heterocycles. The molecule has 2 atom stereocenters. The van der Waals surface area contributed by atoms with Crippen LogP contribution >= 0.6 is 0 Å². The molecule has 94 valence electrons. The Morgan fingerprint density at radius 2 is 1.82 bits per heavy atom. The van der Waals surface area contributed by atoms with E-state index in [0.717, 1.165) is 0 Å². The number of benzene rings is 1. The highest BCUT2D eigenvalue weighted by atomic mass is 16.5. The molecule has 0 aliphatic heterocycles. The Kier molecular flexibility index (Phi) is 4.12. The summed E-state index contributed by atoms with van der Waals surface area (Å²) in [7, 11) is 2.88. The molecule has 0 aliphatic rings. The molecule has 1 N–H and O–H groups in total. The van der Waals surface area contributed by atoms with Gasteiger partial charge in [0.2, 0.25) is 0 Å². The van der Waals surface area contributed by atoms with Crippen LogP contribution in [0.15, 0.2) is 24.3 Å². The fourth-order valence-electron chi connectivity index (χ4n) is 1.58. The van der Waals surface area contributed by atoms with Crippen molar-refractivity contribution < 1.29 is 19.4 Å². The van der Waals surface area contributed by atoms with E-state index in [1.54, 1.807) is 45.2 Å². The number of carbonyl (C=O) groups is 1. The summed E-state index contributed by atoms with van der Waals surface area (Å²) in [5, 5.41) is 10.4. The van der Waals surface area contributed by atoms with E-state index >= 15 is 0 Å². The Morgan fingerprint density at radius 3 is 2.24 bits per heavy atom. The number of methoxy groups -OCH3 is 2. The average molecular weight is 238 g/mol. The molecule has 0 saturated carbocycles. The molecule has 4 nitrogen and oxygen atoms in total. The fourth-order valence-corrected chi connectivity index (χ4v) is 1.58. The van der Waals surface area contributed by atoms with E-state index in [0.29, 0.717) is 11.3 Å². The molecule has 1 aromatic carbocycles. The van der Waals surface area contributed by atoms with Gasteiger partial charge in [-0.15, -0.1) is 0 Å². The Morgan fingerprint density at radius 1 is 1.29 bits per heavy atom. The lowest BCUT2D eigenvalue weighted by molar-refractivity contribution is -0.154. The molecule has 0 spiro atoms. The molecule has 0 aliphatic carbocycles. The summed E-state index contributed by atoms with van der Waals surface area (Å²) in [5.41, 5.74) is -0.615. The third-order valence-electron chi connectivity index (χ3n) is 3.07. The fraction of sp³-hybridized carbons (Fsp3) is 0.462. The number of aliphatic hydroxyl groups is 1. The van der Waals surface area contributed by atoms with Crippen LogP contribution in [-0.2, 0) is 15.1 Å². The molecule has 1 rings (SSSR count). The molecule has 0 saturated heterocycles. The summed E-state index contributed by atoms with van der Waals surface area (Å²) in [5.74, 6) is -0.373. The highest BCUT2D eigenvalue weighted by molar-refractivity contribution is 5.73. The molecule has 0 heterocycles. The summed E-state index contributed by atoms with van der Waals surface area (Å²) in [4.78, 5) is 11.4. The van der Waals surface area contributed by atoms with E-state index in [2.05, 4.69) is 4.74 Å². The second-order valence-corrected chi connectivity index (χ2v) is 4.12. The minimum atomic E-state index is -1.26. The number of hydrogen-bond donors (Lipinski definition) is 1. The van der Waals surface area contributed by atoms with E-state index in [1.807, 2.05) is 0 Å². The first kappa shape index (κ1) is 13.5. The van der Waals surface area contributed by atoms with Gasteiger partial charge in [0.15, 0.2) is 0 Å². The van der Waals surface area contributed by atoms with Gasteiger partial charge in [-0.25, -0.2) is 0 Å². The van der Waals surface area contributed by atoms with E-state index in [1.165, 1.54) is 7.11 Å². The van der Waals surface area contributed by atoms with E-state index in [4.69, 9.17) is 4.74 Å². The predicted molar refractivity (Wildman–Crippen MR) is 63.7 cm³/mol. The van der Waals surface area contributed by atoms with Crippen molar-refractivity contribution in [2.45, 2.75) is 19.4 Å². The molecular formula is C13H18O4. The maximum absolute atomic E-state index is 11.4. The van der Waals surface area contributed by atoms with E-state index < -0.39 is 17.5 Å². The molecule has 0 amide bonds. The monoisotopic (exact) mass is 238 g/mol. The number of esters is 1. The maximum Gasteiger partial charge on any atom is 0.311 e. The second kappa shape index (κ2) is 5.19. The highest BCUT2D eigenvalue weighted by Crippen LogP contribution is 2.31. The number of ether oxygens (including phenoxy) is 2. The van der Waals surface area contributed by atoms with Gasteiger partial charge in [0.05, 0.1) is 25.7 Å². The van der Waals surface area contributed by atoms with Crippen LogP contribution in [0.2, 0.25) is 0 Å². The van der Waals surface area contributed by atoms with Gasteiger partial charge in [-0.3, -0.25) is 4.79 Å². The SMILES string of the molecule is COC(=O)C(C)C(C)(O)c1ccc(OC)cc1. The van der Waals surface area contributed by atoms with Gasteiger partial charge in [-0.2, -0.15) is 0 Å². The van der Waals surface area contributed by atoms with Crippen LogP contribution < -0.4 is 4.74 Å². The Labute approximate surface area is 101 Å². The number of rotatable bonds is 4. The number of hydrogen-bond acceptors (Lipinski definition) is 4. The van der Waals surface area contributed by atoms with E-state index in [9.17, 15) is 9.90 Å². The van der Waals surface area contributed by atoms with Crippen molar-refractivity contribution in [3.8, 4) is 5.75 Å². The van der Waals surface area contributed by atoms with E-state index in [-0.39, 0.29) is 0 Å². The predicted octanol–water partition coefficient (Wildman–Crippen LogP) is 1.71. The summed E-state index contributed by atoms with van der Waals surface area (Å²) < 4.78 is 9.68. The van der Waals surface area contributed by atoms with Crippen molar-refractivity contribution in [1.29, 1.82) is 0 Å². The van der Waals surface area contributed by atoms with Gasteiger partial charge < -0.3 is 14.6 Å². The second-order valence-electron chi connectivity index (χ2n) is 4.12. The van der Waals surface area contributed by atoms with Crippen molar-refractivity contribution in [2.24, 2.45) is 5.92 Å². The smallest absolute Gasteiger partial charge is 0.311 e. The zero-order chi connectivity index (χ0) is 13.1. The molecule has 2 unspecified atom stereocenters. The van der Waals surface area contributed by atoms with Crippen LogP contribution in [0.4, 0.5) is 0 Å². The van der Waals surface area contributed by atoms with Gasteiger partial charge in [0.25, 0.3) is 0 Å². The van der Waals surface area contributed by atoms with Gasteiger partial charge in [-0.05, 0) is 31.5 Å². The molecule has 0 bridgehead atoms. The Hall–Kier alpha value is -1.55. The van der Waals surface area contributed by atoms with Crippen LogP contribution in [0.1, 0.15) is 19.4 Å². The maximum atomic E-state index is 11.4. The first-order valence-corrected chi connectivity index (χ1v) is 5.38. The van der Waals surface area contributed by atoms with Crippen molar-refractivity contribution >= 4 is 5.97 Å². The van der Waals surface area contributed by atoms with Gasteiger partial charge >= 0.3 is 5.97 Å². The van der Waals surface area contributed by atoms with Crippen LogP contribution in [0.3, 0.4) is 0 Å². The quantitative estimate of drug-likeness (QED) is 0.811. The lowest BCUT2D eigenvalue weighted by atomic mass is 9.84. The van der Waals surface area contributed by atoms with Crippen molar-refractivity contribution in [2.75, 3.05) is 14.2 Å². The van der Waals surface area contributed by atoms with Crippen molar-refractivity contribution in [1.82, 2.24) is 0 Å². The van der Waals surface area contributed by atoms with Gasteiger partial charge in [-0.1, -0.05) is 12.1 Å². The van der Waals surface area contributed by atoms with Gasteiger partial charge in [0.1, 0.15) is 5.75 Å². The lowest BCUT2D eigenvalue weighted by Gasteiger charge is -2.29. The average Bonchev–Trinajstić information content (AvgIpc) is 2.36. The van der Waals surface area contributed by atoms with Crippen molar-refractivity contribution in [3.05, 3.63) is 29.8 Å². The summed E-state index contributed by atoms with van der Waals surface area (Å²) in [6, 6.07) is 6.96. The minimum Gasteiger partial charge on any atom is -0.497 e. The van der Waals surface area contributed by atoms with Crippen molar-refractivity contribution in [3.63, 3.8) is 0 Å². The molecule has 0 fully saturated rings. The Balaban J connectivity index is 2.99. The summed E-state index contributed by atoms with van der Waals surface area (Å²) >= 11 is 0. The third kappa shape index (κ3) is 2.77. The minimum absolute atomic E-state index is 0.439. The summed E-state index contributed by atoms with van der Waals surface area (Å²) in [6.07, 6.45) is 0. The van der Waals surface area contributed by atoms with Crippen LogP contribution in [-0.4, -0.2) is 25.3 Å². The number of carbonyl (C=O) groups excluding carboxylic acids is 1. The standard InChI is InChI=1S/C13H18O4/c1-9(12(14)17-4)13(2,15)10-5-7-11(16-3)8-6-10/h5-9,15H,1-4H3. The lowest BCUT2D eigenvalue weighted by Crippen LogP contribution is -2.35. The molecular weight excluding hydrogens is 220 g/mol. The highest BCUT2D eigenvalue weighted by Gasteiger charge is 2.36. The molecule has 17 heavy (non-hydrogen) atoms.